The first-order valence-electron chi connectivity index (χ1n) is 14.7. The molecule has 2 aromatic rings. The number of hydrogen-bond acceptors (Lipinski definition) is 8. The maximum Gasteiger partial charge on any atom is 0.328 e. The van der Waals surface area contributed by atoms with Crippen LogP contribution in [0.5, 0.6) is 11.5 Å². The van der Waals surface area contributed by atoms with Gasteiger partial charge in [0.05, 0.1) is 0 Å². The number of carboxylic acid groups (broad SMARTS) is 1. The van der Waals surface area contributed by atoms with Crippen LogP contribution in [0, 0.1) is 46.3 Å². The summed E-state index contributed by atoms with van der Waals surface area (Å²) in [5, 5.41) is 39.6. The van der Waals surface area contributed by atoms with Crippen LogP contribution in [0.15, 0.2) is 66.0 Å². The largest absolute Gasteiger partial charge is 0.507 e. The molecule has 4 bridgehead atoms. The van der Waals surface area contributed by atoms with Gasteiger partial charge in [-0.2, -0.15) is 15.4 Å². The molecular weight excluding hydrogens is 560 g/mol. The summed E-state index contributed by atoms with van der Waals surface area (Å²) in [6.45, 7) is 0. The van der Waals surface area contributed by atoms with Crippen molar-refractivity contribution >= 4 is 23.7 Å². The number of phenols is 1. The molecule has 0 aromatic heterocycles. The van der Waals surface area contributed by atoms with E-state index in [1.807, 2.05) is 18.2 Å². The summed E-state index contributed by atoms with van der Waals surface area (Å²) in [5.74, 6) is 0.132. The molecule has 2 N–H and O–H groups in total. The van der Waals surface area contributed by atoms with Crippen molar-refractivity contribution in [2.45, 2.75) is 43.5 Å². The molecule has 4 saturated carbocycles. The van der Waals surface area contributed by atoms with Crippen LogP contribution >= 0.6 is 0 Å². The molecule has 1 atom stereocenters. The van der Waals surface area contributed by atoms with E-state index >= 15 is 0 Å². The first-order valence-corrected chi connectivity index (χ1v) is 14.7. The molecule has 8 rings (SSSR count). The minimum atomic E-state index is -1.30. The lowest BCUT2D eigenvalue weighted by atomic mass is 9.47. The summed E-state index contributed by atoms with van der Waals surface area (Å²) < 4.78 is 12.4. The highest BCUT2D eigenvalue weighted by Gasteiger charge is 2.76. The highest BCUT2D eigenvalue weighted by atomic mass is 17.3. The van der Waals surface area contributed by atoms with E-state index in [9.17, 15) is 25.5 Å². The quantitative estimate of drug-likeness (QED) is 0.227. The van der Waals surface area contributed by atoms with Gasteiger partial charge in [0.2, 0.25) is 0 Å². The molecule has 9 nitrogen and oxygen atoms in total. The van der Waals surface area contributed by atoms with E-state index in [0.717, 1.165) is 31.8 Å². The lowest BCUT2D eigenvalue weighted by Crippen LogP contribution is -2.76. The van der Waals surface area contributed by atoms with Crippen LogP contribution in [0.2, 0.25) is 0 Å². The van der Waals surface area contributed by atoms with E-state index < -0.39 is 17.4 Å². The molecule has 2 heterocycles. The molecule has 44 heavy (non-hydrogen) atoms. The highest BCUT2D eigenvalue weighted by molar-refractivity contribution is 5.88. The second-order valence-corrected chi connectivity index (χ2v) is 12.2. The number of aromatic hydroxyl groups is 1. The zero-order valence-corrected chi connectivity index (χ0v) is 24.0. The van der Waals surface area contributed by atoms with Crippen LogP contribution in [-0.2, 0) is 25.1 Å². The average Bonchev–Trinajstić information content (AvgIpc) is 3.00. The number of benzene rings is 2. The molecule has 2 aliphatic heterocycles. The second kappa shape index (κ2) is 10.5. The summed E-state index contributed by atoms with van der Waals surface area (Å²) in [4.78, 5) is 23.4. The van der Waals surface area contributed by atoms with Crippen molar-refractivity contribution in [2.24, 2.45) is 23.7 Å². The number of rotatable bonds is 6. The van der Waals surface area contributed by atoms with Crippen LogP contribution in [0.25, 0.3) is 17.7 Å². The number of aliphatic carboxylic acids is 1. The van der Waals surface area contributed by atoms with Crippen LogP contribution in [-0.4, -0.2) is 28.9 Å². The highest BCUT2D eigenvalue weighted by Crippen LogP contribution is 2.69. The Labute approximate surface area is 254 Å². The molecular formula is C35H30N2O7. The zero-order valence-electron chi connectivity index (χ0n) is 24.0. The molecule has 1 unspecified atom stereocenters. The molecule has 222 valence electrons. The molecule has 6 aliphatic rings. The number of methoxy groups -OCH3 is 1. The lowest BCUT2D eigenvalue weighted by Gasteiger charge is -2.68. The van der Waals surface area contributed by atoms with Crippen molar-refractivity contribution in [2.75, 3.05) is 7.11 Å². The van der Waals surface area contributed by atoms with Crippen LogP contribution < -0.4 is 4.74 Å². The minimum absolute atomic E-state index is 0.0414. The molecule has 5 fully saturated rings. The number of carboxylic acids is 1. The molecule has 9 heteroatoms. The van der Waals surface area contributed by atoms with Gasteiger partial charge in [-0.1, -0.05) is 24.3 Å². The minimum Gasteiger partial charge on any atom is -0.507 e. The van der Waals surface area contributed by atoms with Gasteiger partial charge in [0.15, 0.2) is 5.60 Å². The van der Waals surface area contributed by atoms with Crippen LogP contribution in [0.3, 0.4) is 0 Å². The fourth-order valence-corrected chi connectivity index (χ4v) is 8.43. The van der Waals surface area contributed by atoms with Crippen LogP contribution in [0.4, 0.5) is 0 Å². The van der Waals surface area contributed by atoms with Crippen molar-refractivity contribution < 1.29 is 34.3 Å². The molecule has 4 aliphatic carbocycles. The average molecular weight is 591 g/mol. The van der Waals surface area contributed by atoms with Gasteiger partial charge in [0.25, 0.3) is 5.79 Å². The SMILES string of the molecule is COC1(c2cc(O)c(/C=C/C(=O)O)cc2/C=C/C2=CC(=C(C#N)C#N)c3ccccc3O2)OOC12C1CC3CC(C1)CC2C3. The number of ether oxygens (including phenoxy) is 2. The Morgan fingerprint density at radius 1 is 0.977 bits per heavy atom. The molecule has 0 amide bonds. The zero-order chi connectivity index (χ0) is 30.6. The Morgan fingerprint density at radius 3 is 2.30 bits per heavy atom. The van der Waals surface area contributed by atoms with Crippen molar-refractivity contribution in [3.8, 4) is 23.6 Å². The second-order valence-electron chi connectivity index (χ2n) is 12.2. The third-order valence-electron chi connectivity index (χ3n) is 10.0. The van der Waals surface area contributed by atoms with Gasteiger partial charge in [-0.05, 0) is 97.8 Å². The van der Waals surface area contributed by atoms with Crippen molar-refractivity contribution in [3.63, 3.8) is 0 Å². The van der Waals surface area contributed by atoms with Gasteiger partial charge < -0.3 is 19.7 Å². The third kappa shape index (κ3) is 4.12. The summed E-state index contributed by atoms with van der Waals surface area (Å²) >= 11 is 0. The Kier molecular flexibility index (Phi) is 6.71. The molecule has 2 aromatic carbocycles. The number of nitriles is 2. The Morgan fingerprint density at radius 2 is 1.68 bits per heavy atom. The molecule has 1 spiro atoms. The predicted octanol–water partition coefficient (Wildman–Crippen LogP) is 6.24. The van der Waals surface area contributed by atoms with Gasteiger partial charge in [-0.25, -0.2) is 9.68 Å². The standard InChI is InChI=1S/C35H30N2O7/c1-41-35(34(43-44-35)25-11-20-10-21(13-25)14-26(34)12-20)30-17-31(38)23(7-9-33(39)40)15-22(30)6-8-27-16-29(24(18-36)19-37)28-4-2-3-5-32(28)42-27/h2-9,15-17,20-21,25-26,38H,10-14H2,1H3,(H,39,40)/b8-6+,9-7+. The number of allylic oxidation sites excluding steroid dienone is 4. The Bertz CT molecular complexity index is 1720. The van der Waals surface area contributed by atoms with Crippen molar-refractivity contribution in [3.05, 3.63) is 88.2 Å². The number of para-hydroxylation sites is 1. The lowest BCUT2D eigenvalue weighted by molar-refractivity contribution is -0.645. The summed E-state index contributed by atoms with van der Waals surface area (Å²) in [6, 6.07) is 14.3. The Hall–Kier alpha value is -4.67. The van der Waals surface area contributed by atoms with Gasteiger partial charge in [-0.15, -0.1) is 0 Å². The number of carbonyl (C=O) groups is 1. The fraction of sp³-hybridized carbons (Fsp3) is 0.343. The first-order chi connectivity index (χ1) is 21.3. The van der Waals surface area contributed by atoms with Gasteiger partial charge in [-0.3, -0.25) is 0 Å². The summed E-state index contributed by atoms with van der Waals surface area (Å²) in [7, 11) is 1.59. The van der Waals surface area contributed by atoms with Crippen molar-refractivity contribution in [1.29, 1.82) is 10.5 Å². The Balaban J connectivity index is 1.35. The van der Waals surface area contributed by atoms with Crippen molar-refractivity contribution in [1.82, 2.24) is 0 Å². The monoisotopic (exact) mass is 590 g/mol. The van der Waals surface area contributed by atoms with Gasteiger partial charge in [0, 0.05) is 35.4 Å². The topological polar surface area (TPSA) is 142 Å². The first kappa shape index (κ1) is 28.1. The number of fused-ring (bicyclic) bond motifs is 1. The van der Waals surface area contributed by atoms with Gasteiger partial charge >= 0.3 is 5.97 Å². The van der Waals surface area contributed by atoms with E-state index in [-0.39, 0.29) is 23.2 Å². The van der Waals surface area contributed by atoms with E-state index in [1.165, 1.54) is 12.5 Å². The smallest absolute Gasteiger partial charge is 0.328 e. The predicted molar refractivity (Wildman–Crippen MR) is 158 cm³/mol. The fourth-order valence-electron chi connectivity index (χ4n) is 8.43. The summed E-state index contributed by atoms with van der Waals surface area (Å²) in [5.41, 5.74) is 1.78. The number of phenolic OH excluding ortho intramolecular Hbond substituents is 1. The van der Waals surface area contributed by atoms with Crippen LogP contribution in [0.1, 0.15) is 54.4 Å². The number of hydrogen-bond donors (Lipinski definition) is 2. The third-order valence-corrected chi connectivity index (χ3v) is 10.0. The van der Waals surface area contributed by atoms with Gasteiger partial charge in [0.1, 0.15) is 35.0 Å². The molecule has 0 radical (unpaired) electrons. The maximum atomic E-state index is 11.3. The molecule has 1 saturated heterocycles. The normalized spacial score (nSPS) is 31.2. The van der Waals surface area contributed by atoms with E-state index in [4.69, 9.17) is 19.2 Å². The van der Waals surface area contributed by atoms with E-state index in [0.29, 0.717) is 51.2 Å². The van der Waals surface area contributed by atoms with E-state index in [2.05, 4.69) is 0 Å². The van der Waals surface area contributed by atoms with E-state index in [1.54, 1.807) is 55.7 Å². The number of nitrogens with zero attached hydrogens (tertiary/aromatic N) is 2. The summed E-state index contributed by atoms with van der Waals surface area (Å²) in [6.07, 6.45) is 12.8. The maximum absolute atomic E-state index is 11.3.